The lowest BCUT2D eigenvalue weighted by atomic mass is 9.85. The average Bonchev–Trinajstić information content (AvgIpc) is 3.08. The van der Waals surface area contributed by atoms with Crippen molar-refractivity contribution in [2.24, 2.45) is 28.7 Å². The predicted molar refractivity (Wildman–Crippen MR) is 116 cm³/mol. The van der Waals surface area contributed by atoms with Gasteiger partial charge in [0.2, 0.25) is 11.8 Å². The maximum atomic E-state index is 14.2. The van der Waals surface area contributed by atoms with Crippen LogP contribution in [0.3, 0.4) is 0 Å². The van der Waals surface area contributed by atoms with Crippen LogP contribution in [0, 0.1) is 29.5 Å². The maximum Gasteiger partial charge on any atom is 0.233 e. The van der Waals surface area contributed by atoms with Crippen molar-refractivity contribution in [2.45, 2.75) is 31.7 Å². The number of hydrogen-bond acceptors (Lipinski definition) is 3. The number of carbonyl (C=O) groups excluding carboxylic acids is 2. The van der Waals surface area contributed by atoms with Crippen LogP contribution in [0.5, 0.6) is 0 Å². The number of amides is 2. The molecule has 1 aromatic rings. The van der Waals surface area contributed by atoms with Gasteiger partial charge >= 0.3 is 0 Å². The summed E-state index contributed by atoms with van der Waals surface area (Å²) < 4.78 is 14.2. The summed E-state index contributed by atoms with van der Waals surface area (Å²) in [7, 11) is 0. The minimum absolute atomic E-state index is 0.00152. The molecule has 31 heavy (non-hydrogen) atoms. The standard InChI is InChI=1S/C23H26ClFN4O2/c1-2-26-23(28-17-11-14(17)20-15(24)4-3-5-16(20)25)27-8-9-29-21(30)18-12-6-7-13(10-12)19(18)22(29)31/h3-7,12-14,17-19H,2,8-11H2,1H3,(H2,26,27,28). The summed E-state index contributed by atoms with van der Waals surface area (Å²) in [4.78, 5) is 31.5. The number of nitrogens with one attached hydrogen (secondary N) is 2. The highest BCUT2D eigenvalue weighted by Crippen LogP contribution is 2.52. The number of guanidine groups is 1. The molecule has 5 rings (SSSR count). The van der Waals surface area contributed by atoms with Gasteiger partial charge in [0.1, 0.15) is 5.82 Å². The van der Waals surface area contributed by atoms with Crippen LogP contribution < -0.4 is 10.6 Å². The molecule has 4 aliphatic rings. The highest BCUT2D eigenvalue weighted by Gasteiger charge is 2.58. The van der Waals surface area contributed by atoms with Crippen molar-refractivity contribution in [3.05, 3.63) is 46.8 Å². The van der Waals surface area contributed by atoms with E-state index < -0.39 is 0 Å². The second kappa shape index (κ2) is 7.93. The molecular formula is C23H26ClFN4O2. The molecule has 6 nitrogen and oxygen atoms in total. The van der Waals surface area contributed by atoms with Crippen molar-refractivity contribution in [3.63, 3.8) is 0 Å². The van der Waals surface area contributed by atoms with E-state index in [0.29, 0.717) is 29.6 Å². The lowest BCUT2D eigenvalue weighted by molar-refractivity contribution is -0.140. The topological polar surface area (TPSA) is 73.8 Å². The highest BCUT2D eigenvalue weighted by molar-refractivity contribution is 6.31. The smallest absolute Gasteiger partial charge is 0.233 e. The Hall–Kier alpha value is -2.41. The van der Waals surface area contributed by atoms with Gasteiger partial charge in [-0.15, -0.1) is 0 Å². The van der Waals surface area contributed by atoms with Crippen molar-refractivity contribution >= 4 is 29.4 Å². The first-order valence-corrected chi connectivity index (χ1v) is 11.4. The van der Waals surface area contributed by atoms with E-state index in [2.05, 4.69) is 27.8 Å². The zero-order valence-corrected chi connectivity index (χ0v) is 18.1. The summed E-state index contributed by atoms with van der Waals surface area (Å²) in [6.45, 7) is 3.25. The van der Waals surface area contributed by atoms with Gasteiger partial charge in [-0.2, -0.15) is 0 Å². The van der Waals surface area contributed by atoms with E-state index in [9.17, 15) is 14.0 Å². The fraction of sp³-hybridized carbons (Fsp3) is 0.522. The number of nitrogens with zero attached hydrogens (tertiary/aromatic N) is 2. The van der Waals surface area contributed by atoms with Crippen LogP contribution in [0.25, 0.3) is 0 Å². The zero-order valence-electron chi connectivity index (χ0n) is 17.4. The molecule has 1 saturated heterocycles. The Kier molecular flexibility index (Phi) is 5.24. The van der Waals surface area contributed by atoms with Crippen molar-refractivity contribution in [2.75, 3.05) is 19.6 Å². The number of imide groups is 1. The number of allylic oxidation sites excluding steroid dienone is 2. The molecular weight excluding hydrogens is 419 g/mol. The zero-order chi connectivity index (χ0) is 21.7. The Morgan fingerprint density at radius 1 is 1.19 bits per heavy atom. The van der Waals surface area contributed by atoms with E-state index in [1.54, 1.807) is 12.1 Å². The maximum absolute atomic E-state index is 14.2. The molecule has 1 heterocycles. The molecule has 2 bridgehead atoms. The normalized spacial score (nSPS) is 33.3. The van der Waals surface area contributed by atoms with Crippen LogP contribution in [0.4, 0.5) is 4.39 Å². The number of hydrogen-bond donors (Lipinski definition) is 2. The highest BCUT2D eigenvalue weighted by atomic mass is 35.5. The molecule has 1 aromatic carbocycles. The van der Waals surface area contributed by atoms with Gasteiger partial charge in [-0.1, -0.05) is 29.8 Å². The van der Waals surface area contributed by atoms with E-state index in [1.807, 2.05) is 6.92 Å². The molecule has 0 radical (unpaired) electrons. The molecule has 3 aliphatic carbocycles. The van der Waals surface area contributed by atoms with Gasteiger partial charge in [0.15, 0.2) is 5.96 Å². The first-order valence-electron chi connectivity index (χ1n) is 11.0. The average molecular weight is 445 g/mol. The number of carbonyl (C=O) groups is 2. The van der Waals surface area contributed by atoms with Gasteiger partial charge in [-0.3, -0.25) is 19.5 Å². The lowest BCUT2D eigenvalue weighted by Gasteiger charge is -2.17. The van der Waals surface area contributed by atoms with E-state index >= 15 is 0 Å². The molecule has 2 N–H and O–H groups in total. The van der Waals surface area contributed by atoms with Crippen LogP contribution in [0.15, 0.2) is 35.3 Å². The Morgan fingerprint density at radius 2 is 1.90 bits per heavy atom. The van der Waals surface area contributed by atoms with Crippen LogP contribution in [0.1, 0.15) is 31.2 Å². The second-order valence-electron chi connectivity index (χ2n) is 8.82. The third-order valence-corrected chi connectivity index (χ3v) is 7.31. The molecule has 2 saturated carbocycles. The van der Waals surface area contributed by atoms with Gasteiger partial charge in [-0.25, -0.2) is 4.39 Å². The number of fused-ring (bicyclic) bond motifs is 5. The molecule has 164 valence electrons. The van der Waals surface area contributed by atoms with Crippen molar-refractivity contribution in [1.29, 1.82) is 0 Å². The van der Waals surface area contributed by atoms with Crippen LogP contribution in [-0.4, -0.2) is 48.3 Å². The molecule has 6 atom stereocenters. The number of benzene rings is 1. The summed E-state index contributed by atoms with van der Waals surface area (Å²) in [5.41, 5.74) is 0.542. The van der Waals surface area contributed by atoms with Crippen molar-refractivity contribution < 1.29 is 14.0 Å². The summed E-state index contributed by atoms with van der Waals surface area (Å²) in [6, 6.07) is 4.78. The molecule has 3 fully saturated rings. The third kappa shape index (κ3) is 3.53. The molecule has 6 unspecified atom stereocenters. The van der Waals surface area contributed by atoms with E-state index in [-0.39, 0.29) is 59.8 Å². The first-order chi connectivity index (χ1) is 15.0. The van der Waals surface area contributed by atoms with Gasteiger partial charge < -0.3 is 10.6 Å². The summed E-state index contributed by atoms with van der Waals surface area (Å²) >= 11 is 6.19. The Morgan fingerprint density at radius 3 is 2.55 bits per heavy atom. The second-order valence-corrected chi connectivity index (χ2v) is 9.22. The molecule has 1 aliphatic heterocycles. The fourth-order valence-corrected chi connectivity index (χ4v) is 5.78. The van der Waals surface area contributed by atoms with E-state index in [0.717, 1.165) is 12.8 Å². The molecule has 2 amide bonds. The Labute approximate surface area is 185 Å². The predicted octanol–water partition coefficient (Wildman–Crippen LogP) is 2.70. The van der Waals surface area contributed by atoms with Crippen LogP contribution in [0.2, 0.25) is 5.02 Å². The Bertz CT molecular complexity index is 930. The van der Waals surface area contributed by atoms with E-state index in [1.165, 1.54) is 11.0 Å². The number of halogens is 2. The summed E-state index contributed by atoms with van der Waals surface area (Å²) in [5, 5.41) is 6.94. The van der Waals surface area contributed by atoms with E-state index in [4.69, 9.17) is 11.6 Å². The SMILES string of the molecule is CCNC(=NCCN1C(=O)C2C3C=CC(C3)C2C1=O)NC1CC1c1c(F)cccc1Cl. The number of likely N-dealkylation sites (tertiary alicyclic amines) is 1. The van der Waals surface area contributed by atoms with Gasteiger partial charge in [-0.05, 0) is 43.7 Å². The largest absolute Gasteiger partial charge is 0.357 e. The third-order valence-electron chi connectivity index (χ3n) is 6.98. The summed E-state index contributed by atoms with van der Waals surface area (Å²) in [5.74, 6) is 0.319. The Balaban J connectivity index is 1.20. The molecule has 0 aromatic heterocycles. The molecule has 8 heteroatoms. The minimum atomic E-state index is -0.288. The summed E-state index contributed by atoms with van der Waals surface area (Å²) in [6.07, 6.45) is 5.90. The first kappa shape index (κ1) is 20.5. The van der Waals surface area contributed by atoms with Crippen LogP contribution in [-0.2, 0) is 9.59 Å². The minimum Gasteiger partial charge on any atom is -0.357 e. The van der Waals surface area contributed by atoms with Gasteiger partial charge in [0, 0.05) is 35.6 Å². The number of rotatable bonds is 6. The monoisotopic (exact) mass is 444 g/mol. The van der Waals surface area contributed by atoms with Crippen molar-refractivity contribution in [1.82, 2.24) is 15.5 Å². The molecule has 0 spiro atoms. The fourth-order valence-electron chi connectivity index (χ4n) is 5.48. The van der Waals surface area contributed by atoms with Crippen LogP contribution >= 0.6 is 11.6 Å². The van der Waals surface area contributed by atoms with Gasteiger partial charge in [0.05, 0.1) is 18.4 Å². The van der Waals surface area contributed by atoms with Crippen molar-refractivity contribution in [3.8, 4) is 0 Å². The van der Waals surface area contributed by atoms with Gasteiger partial charge in [0.25, 0.3) is 0 Å². The number of aliphatic imine (C=N–C) groups is 1. The lowest BCUT2D eigenvalue weighted by Crippen LogP contribution is -2.40. The quantitative estimate of drug-likeness (QED) is 0.306.